The molecule has 4 rings (SSSR count). The molecular formula is C25H24N4O3. The molecule has 0 saturated heterocycles. The second-order valence-corrected chi connectivity index (χ2v) is 6.90. The smallest absolute Gasteiger partial charge is 0.255 e. The van der Waals surface area contributed by atoms with Gasteiger partial charge in [0, 0.05) is 16.7 Å². The first kappa shape index (κ1) is 21.1. The van der Waals surface area contributed by atoms with Gasteiger partial charge in [-0.2, -0.15) is 5.10 Å². The fourth-order valence-electron chi connectivity index (χ4n) is 3.28. The Morgan fingerprint density at radius 2 is 1.62 bits per heavy atom. The van der Waals surface area contributed by atoms with Crippen LogP contribution in [-0.4, -0.2) is 34.3 Å². The van der Waals surface area contributed by atoms with E-state index >= 15 is 0 Å². The Bertz CT molecular complexity index is 1200. The minimum Gasteiger partial charge on any atom is -0.490 e. The van der Waals surface area contributed by atoms with E-state index in [-0.39, 0.29) is 5.91 Å². The number of anilines is 1. The van der Waals surface area contributed by atoms with Gasteiger partial charge in [-0.05, 0) is 44.2 Å². The third-order valence-corrected chi connectivity index (χ3v) is 4.75. The molecule has 162 valence electrons. The highest BCUT2D eigenvalue weighted by molar-refractivity contribution is 6.06. The highest BCUT2D eigenvalue weighted by atomic mass is 16.5. The van der Waals surface area contributed by atoms with Crippen molar-refractivity contribution in [3.8, 4) is 34.3 Å². The molecule has 0 spiro atoms. The van der Waals surface area contributed by atoms with E-state index in [1.54, 1.807) is 18.2 Å². The van der Waals surface area contributed by atoms with Gasteiger partial charge in [0.2, 0.25) is 0 Å². The number of H-pyrrole nitrogens is 1. The number of carbonyl (C=O) groups is 1. The zero-order valence-corrected chi connectivity index (χ0v) is 18.0. The maximum Gasteiger partial charge on any atom is 0.255 e. The van der Waals surface area contributed by atoms with Gasteiger partial charge in [0.15, 0.2) is 23.1 Å². The number of nitrogens with one attached hydrogen (secondary N) is 2. The minimum absolute atomic E-state index is 0.260. The minimum atomic E-state index is -0.260. The number of aromatic amines is 1. The molecule has 0 saturated carbocycles. The Morgan fingerprint density at radius 3 is 2.41 bits per heavy atom. The van der Waals surface area contributed by atoms with Crippen LogP contribution in [0.5, 0.6) is 11.5 Å². The molecule has 0 aliphatic heterocycles. The lowest BCUT2D eigenvalue weighted by molar-refractivity contribution is 0.102. The Morgan fingerprint density at radius 1 is 0.906 bits per heavy atom. The third kappa shape index (κ3) is 4.62. The number of amides is 1. The number of ether oxygens (including phenoxy) is 2. The number of para-hydroxylation sites is 1. The van der Waals surface area contributed by atoms with Crippen LogP contribution in [0.4, 0.5) is 5.69 Å². The summed E-state index contributed by atoms with van der Waals surface area (Å²) in [5.41, 5.74) is 2.75. The zero-order valence-electron chi connectivity index (χ0n) is 18.0. The van der Waals surface area contributed by atoms with Crippen LogP contribution < -0.4 is 14.8 Å². The quantitative estimate of drug-likeness (QED) is 0.403. The van der Waals surface area contributed by atoms with E-state index in [2.05, 4.69) is 20.5 Å². The third-order valence-electron chi connectivity index (χ3n) is 4.75. The number of aromatic nitrogens is 3. The molecule has 0 unspecified atom stereocenters. The van der Waals surface area contributed by atoms with E-state index in [1.807, 2.05) is 68.4 Å². The highest BCUT2D eigenvalue weighted by Crippen LogP contribution is 2.30. The zero-order chi connectivity index (χ0) is 22.3. The molecule has 0 aliphatic rings. The first-order valence-electron chi connectivity index (χ1n) is 10.5. The number of hydrogen-bond donors (Lipinski definition) is 2. The summed E-state index contributed by atoms with van der Waals surface area (Å²) in [6.45, 7) is 4.78. The monoisotopic (exact) mass is 428 g/mol. The van der Waals surface area contributed by atoms with Crippen LogP contribution >= 0.6 is 0 Å². The molecule has 1 heterocycles. The largest absolute Gasteiger partial charge is 0.490 e. The van der Waals surface area contributed by atoms with Crippen molar-refractivity contribution >= 4 is 11.6 Å². The molecule has 3 aromatic carbocycles. The van der Waals surface area contributed by atoms with Crippen molar-refractivity contribution in [1.82, 2.24) is 15.2 Å². The Balaban J connectivity index is 1.59. The number of hydrogen-bond acceptors (Lipinski definition) is 5. The fourth-order valence-corrected chi connectivity index (χ4v) is 3.28. The van der Waals surface area contributed by atoms with Gasteiger partial charge in [-0.3, -0.25) is 9.89 Å². The summed E-state index contributed by atoms with van der Waals surface area (Å²) < 4.78 is 11.2. The van der Waals surface area contributed by atoms with Crippen molar-refractivity contribution in [3.05, 3.63) is 78.4 Å². The number of carbonyl (C=O) groups excluding carboxylic acids is 1. The molecule has 7 heteroatoms. The summed E-state index contributed by atoms with van der Waals surface area (Å²) in [5, 5.41) is 10.3. The Kier molecular flexibility index (Phi) is 6.46. The number of nitrogens with zero attached hydrogens (tertiary/aromatic N) is 2. The van der Waals surface area contributed by atoms with Crippen molar-refractivity contribution in [2.75, 3.05) is 18.5 Å². The second kappa shape index (κ2) is 9.78. The number of rotatable bonds is 8. The van der Waals surface area contributed by atoms with Gasteiger partial charge in [0.1, 0.15) is 0 Å². The summed E-state index contributed by atoms with van der Waals surface area (Å²) in [7, 11) is 0. The van der Waals surface area contributed by atoms with Gasteiger partial charge < -0.3 is 14.8 Å². The molecule has 7 nitrogen and oxygen atoms in total. The van der Waals surface area contributed by atoms with Gasteiger partial charge in [-0.25, -0.2) is 4.98 Å². The lowest BCUT2D eigenvalue weighted by Gasteiger charge is -2.13. The SMILES string of the molecule is CCOc1ccc(C(=O)Nc2ccccc2-c2nc(-c3ccccc3)n[nH]2)cc1OCC. The van der Waals surface area contributed by atoms with Crippen molar-refractivity contribution in [2.45, 2.75) is 13.8 Å². The molecule has 2 N–H and O–H groups in total. The fraction of sp³-hybridized carbons (Fsp3) is 0.160. The van der Waals surface area contributed by atoms with Crippen molar-refractivity contribution < 1.29 is 14.3 Å². The van der Waals surface area contributed by atoms with Gasteiger partial charge in [-0.15, -0.1) is 0 Å². The molecule has 1 amide bonds. The summed E-state index contributed by atoms with van der Waals surface area (Å²) >= 11 is 0. The molecule has 1 aromatic heterocycles. The van der Waals surface area contributed by atoms with Crippen LogP contribution in [0.25, 0.3) is 22.8 Å². The first-order chi connectivity index (χ1) is 15.7. The van der Waals surface area contributed by atoms with E-state index < -0.39 is 0 Å². The molecule has 0 atom stereocenters. The molecule has 4 aromatic rings. The van der Waals surface area contributed by atoms with Crippen LogP contribution in [0.3, 0.4) is 0 Å². The van der Waals surface area contributed by atoms with E-state index in [9.17, 15) is 4.79 Å². The predicted octanol–water partition coefficient (Wildman–Crippen LogP) is 5.19. The van der Waals surface area contributed by atoms with Crippen molar-refractivity contribution in [1.29, 1.82) is 0 Å². The second-order valence-electron chi connectivity index (χ2n) is 6.90. The standard InChI is InChI=1S/C25H24N4O3/c1-3-31-21-15-14-18(16-22(21)32-4-2)25(30)26-20-13-9-8-12-19(20)24-27-23(28-29-24)17-10-6-5-7-11-17/h5-16H,3-4H2,1-2H3,(H,26,30)(H,27,28,29). The van der Waals surface area contributed by atoms with Crippen molar-refractivity contribution in [2.24, 2.45) is 0 Å². The van der Waals surface area contributed by atoms with E-state index in [1.165, 1.54) is 0 Å². The van der Waals surface area contributed by atoms with Crippen LogP contribution in [0, 0.1) is 0 Å². The van der Waals surface area contributed by atoms with Crippen LogP contribution in [-0.2, 0) is 0 Å². The van der Waals surface area contributed by atoms with Gasteiger partial charge in [0.05, 0.1) is 18.9 Å². The molecule has 32 heavy (non-hydrogen) atoms. The number of benzene rings is 3. The van der Waals surface area contributed by atoms with Gasteiger partial charge >= 0.3 is 0 Å². The summed E-state index contributed by atoms with van der Waals surface area (Å²) in [5.74, 6) is 2.06. The highest BCUT2D eigenvalue weighted by Gasteiger charge is 2.16. The Labute approximate surface area is 186 Å². The lowest BCUT2D eigenvalue weighted by Crippen LogP contribution is -2.13. The summed E-state index contributed by atoms with van der Waals surface area (Å²) in [6.07, 6.45) is 0. The lowest BCUT2D eigenvalue weighted by atomic mass is 10.1. The van der Waals surface area contributed by atoms with E-state index in [0.717, 1.165) is 11.1 Å². The molecule has 0 radical (unpaired) electrons. The molecule has 0 fully saturated rings. The van der Waals surface area contributed by atoms with E-state index in [4.69, 9.17) is 9.47 Å². The normalized spacial score (nSPS) is 10.6. The maximum atomic E-state index is 13.0. The summed E-state index contributed by atoms with van der Waals surface area (Å²) in [6, 6.07) is 22.3. The average Bonchev–Trinajstić information content (AvgIpc) is 3.31. The molecular weight excluding hydrogens is 404 g/mol. The maximum absolute atomic E-state index is 13.0. The van der Waals surface area contributed by atoms with Crippen LogP contribution in [0.2, 0.25) is 0 Å². The topological polar surface area (TPSA) is 89.1 Å². The molecule has 0 bridgehead atoms. The van der Waals surface area contributed by atoms with E-state index in [0.29, 0.717) is 47.6 Å². The van der Waals surface area contributed by atoms with Crippen LogP contribution in [0.15, 0.2) is 72.8 Å². The predicted molar refractivity (Wildman–Crippen MR) is 124 cm³/mol. The Hall–Kier alpha value is -4.13. The van der Waals surface area contributed by atoms with Gasteiger partial charge in [-0.1, -0.05) is 42.5 Å². The van der Waals surface area contributed by atoms with Crippen LogP contribution in [0.1, 0.15) is 24.2 Å². The average molecular weight is 428 g/mol. The summed E-state index contributed by atoms with van der Waals surface area (Å²) in [4.78, 5) is 17.6. The van der Waals surface area contributed by atoms with Gasteiger partial charge in [0.25, 0.3) is 5.91 Å². The van der Waals surface area contributed by atoms with Crippen molar-refractivity contribution in [3.63, 3.8) is 0 Å². The molecule has 0 aliphatic carbocycles. The first-order valence-corrected chi connectivity index (χ1v) is 10.5.